The van der Waals surface area contributed by atoms with Gasteiger partial charge in [0.15, 0.2) is 0 Å². The van der Waals surface area contributed by atoms with Crippen LogP contribution < -0.4 is 10.2 Å². The van der Waals surface area contributed by atoms with Gasteiger partial charge in [0.1, 0.15) is 0 Å². The molecular weight excluding hydrogens is 386 g/mol. The van der Waals surface area contributed by atoms with Crippen molar-refractivity contribution in [2.45, 2.75) is 57.3 Å². The summed E-state index contributed by atoms with van der Waals surface area (Å²) in [5, 5.41) is 3.07. The quantitative estimate of drug-likeness (QED) is 0.678. The number of nitrogens with zero attached hydrogens (tertiary/aromatic N) is 2. The van der Waals surface area contributed by atoms with E-state index in [1.807, 2.05) is 19.9 Å². The Hall–Kier alpha value is -1.86. The summed E-state index contributed by atoms with van der Waals surface area (Å²) in [6.45, 7) is 6.37. The number of allylic oxidation sites excluding steroid dienone is 2. The number of carbonyl (C=O) groups excluding carboxylic acids is 1. The van der Waals surface area contributed by atoms with E-state index in [-0.39, 0.29) is 16.7 Å². The van der Waals surface area contributed by atoms with E-state index in [4.69, 9.17) is 0 Å². The van der Waals surface area contributed by atoms with E-state index in [1.54, 1.807) is 12.1 Å². The van der Waals surface area contributed by atoms with Crippen molar-refractivity contribution < 1.29 is 13.2 Å². The topological polar surface area (TPSA) is 69.7 Å². The molecular formula is C22H33N3O3S. The molecule has 1 aromatic rings. The van der Waals surface area contributed by atoms with Crippen molar-refractivity contribution in [3.05, 3.63) is 30.4 Å². The molecule has 1 aromatic carbocycles. The summed E-state index contributed by atoms with van der Waals surface area (Å²) in [6.07, 6.45) is 10.1. The highest BCUT2D eigenvalue weighted by Gasteiger charge is 2.26. The van der Waals surface area contributed by atoms with Crippen molar-refractivity contribution in [1.29, 1.82) is 0 Å². The fraction of sp³-hybridized carbons (Fsp3) is 0.591. The Morgan fingerprint density at radius 3 is 2.48 bits per heavy atom. The Bertz CT molecular complexity index is 841. The molecule has 29 heavy (non-hydrogen) atoms. The van der Waals surface area contributed by atoms with Gasteiger partial charge in [-0.3, -0.25) is 4.79 Å². The number of benzene rings is 1. The summed E-state index contributed by atoms with van der Waals surface area (Å²) in [5.41, 5.74) is 1.53. The molecule has 0 bridgehead atoms. The third-order valence-electron chi connectivity index (χ3n) is 5.91. The second kappa shape index (κ2) is 9.76. The summed E-state index contributed by atoms with van der Waals surface area (Å²) in [4.78, 5) is 15.4. The smallest absolute Gasteiger partial charge is 0.243 e. The third kappa shape index (κ3) is 5.01. The molecule has 1 aliphatic carbocycles. The minimum Gasteiger partial charge on any atom is -0.370 e. The van der Waals surface area contributed by atoms with Gasteiger partial charge in [-0.25, -0.2) is 8.42 Å². The number of anilines is 2. The van der Waals surface area contributed by atoms with E-state index >= 15 is 0 Å². The zero-order chi connectivity index (χ0) is 20.9. The van der Waals surface area contributed by atoms with E-state index < -0.39 is 10.0 Å². The molecule has 1 atom stereocenters. The fourth-order valence-electron chi connectivity index (χ4n) is 4.17. The van der Waals surface area contributed by atoms with Crippen molar-refractivity contribution in [3.63, 3.8) is 0 Å². The zero-order valence-corrected chi connectivity index (χ0v) is 18.4. The predicted molar refractivity (Wildman–Crippen MR) is 118 cm³/mol. The minimum atomic E-state index is -3.58. The Morgan fingerprint density at radius 2 is 1.86 bits per heavy atom. The van der Waals surface area contributed by atoms with Gasteiger partial charge in [-0.05, 0) is 56.7 Å². The molecule has 0 saturated carbocycles. The molecule has 7 heteroatoms. The van der Waals surface area contributed by atoms with Crippen molar-refractivity contribution in [2.75, 3.05) is 36.4 Å². The molecule has 6 nitrogen and oxygen atoms in total. The highest BCUT2D eigenvalue weighted by atomic mass is 32.2. The SMILES string of the molecule is CCN(CC)S(=O)(=O)c1ccc(N2CCCCC2)c(NC(=O)[C@H]2CC=CCC2)c1. The molecule has 0 aromatic heterocycles. The molecule has 1 amide bonds. The summed E-state index contributed by atoms with van der Waals surface area (Å²) < 4.78 is 27.5. The van der Waals surface area contributed by atoms with E-state index in [0.29, 0.717) is 18.8 Å². The number of amides is 1. The summed E-state index contributed by atoms with van der Waals surface area (Å²) >= 11 is 0. The van der Waals surface area contributed by atoms with Crippen molar-refractivity contribution in [1.82, 2.24) is 4.31 Å². The Morgan fingerprint density at radius 1 is 1.14 bits per heavy atom. The van der Waals surface area contributed by atoms with Crippen LogP contribution in [-0.4, -0.2) is 44.8 Å². The van der Waals surface area contributed by atoms with Crippen LogP contribution in [0, 0.1) is 5.92 Å². The molecule has 2 aliphatic rings. The number of sulfonamides is 1. The number of nitrogens with one attached hydrogen (secondary N) is 1. The van der Waals surface area contributed by atoms with Gasteiger partial charge >= 0.3 is 0 Å². The maximum absolute atomic E-state index is 13.0. The lowest BCUT2D eigenvalue weighted by Crippen LogP contribution is -2.32. The van der Waals surface area contributed by atoms with Gasteiger partial charge in [0, 0.05) is 32.1 Å². The molecule has 1 N–H and O–H groups in total. The van der Waals surface area contributed by atoms with Gasteiger partial charge in [0.05, 0.1) is 16.3 Å². The molecule has 1 saturated heterocycles. The number of hydrogen-bond acceptors (Lipinski definition) is 4. The van der Waals surface area contributed by atoms with E-state index in [2.05, 4.69) is 22.4 Å². The molecule has 1 fully saturated rings. The van der Waals surface area contributed by atoms with Crippen molar-refractivity contribution in [3.8, 4) is 0 Å². The molecule has 0 spiro atoms. The van der Waals surface area contributed by atoms with Gasteiger partial charge in [-0.15, -0.1) is 0 Å². The molecule has 0 unspecified atom stereocenters. The zero-order valence-electron chi connectivity index (χ0n) is 17.6. The van der Waals surface area contributed by atoms with Crippen LogP contribution in [0.2, 0.25) is 0 Å². The summed E-state index contributed by atoms with van der Waals surface area (Å²) in [5.74, 6) is -0.0813. The average Bonchev–Trinajstić information content (AvgIpc) is 2.75. The Kier molecular flexibility index (Phi) is 7.35. The first kappa shape index (κ1) is 21.8. The highest BCUT2D eigenvalue weighted by molar-refractivity contribution is 7.89. The third-order valence-corrected chi connectivity index (χ3v) is 7.95. The standard InChI is InChI=1S/C22H33N3O3S/c1-3-25(4-2)29(27,28)19-13-14-21(24-15-9-6-10-16-24)20(17-19)23-22(26)18-11-7-5-8-12-18/h5,7,13-14,17-18H,3-4,6,8-12,15-16H2,1-2H3,(H,23,26)/t18-/m0/s1. The predicted octanol–water partition coefficient (Wildman–Crippen LogP) is 4.00. The van der Waals surface area contributed by atoms with Gasteiger partial charge in [0.2, 0.25) is 15.9 Å². The summed E-state index contributed by atoms with van der Waals surface area (Å²) in [7, 11) is -3.58. The van der Waals surface area contributed by atoms with Crippen LogP contribution in [0.3, 0.4) is 0 Å². The van der Waals surface area contributed by atoms with Crippen LogP contribution in [0.15, 0.2) is 35.2 Å². The number of rotatable bonds is 7. The van der Waals surface area contributed by atoms with E-state index in [0.717, 1.165) is 50.9 Å². The number of carbonyl (C=O) groups is 1. The average molecular weight is 420 g/mol. The minimum absolute atomic E-state index is 0.0232. The largest absolute Gasteiger partial charge is 0.370 e. The first-order valence-corrected chi connectivity index (χ1v) is 12.3. The van der Waals surface area contributed by atoms with Crippen LogP contribution in [0.25, 0.3) is 0 Å². The molecule has 1 aliphatic heterocycles. The lowest BCUT2D eigenvalue weighted by atomic mass is 9.93. The van der Waals surface area contributed by atoms with Crippen LogP contribution in [0.4, 0.5) is 11.4 Å². The summed E-state index contributed by atoms with van der Waals surface area (Å²) in [6, 6.07) is 5.18. The van der Waals surface area contributed by atoms with Gasteiger partial charge in [-0.1, -0.05) is 26.0 Å². The Balaban J connectivity index is 1.94. The number of hydrogen-bond donors (Lipinski definition) is 1. The first-order valence-electron chi connectivity index (χ1n) is 10.8. The van der Waals surface area contributed by atoms with Gasteiger partial charge in [0.25, 0.3) is 0 Å². The van der Waals surface area contributed by atoms with Crippen molar-refractivity contribution in [2.24, 2.45) is 5.92 Å². The maximum atomic E-state index is 13.0. The molecule has 160 valence electrons. The molecule has 0 radical (unpaired) electrons. The number of piperidine rings is 1. The van der Waals surface area contributed by atoms with Gasteiger partial charge in [-0.2, -0.15) is 4.31 Å². The fourth-order valence-corrected chi connectivity index (χ4v) is 5.65. The van der Waals surface area contributed by atoms with Crippen molar-refractivity contribution >= 4 is 27.3 Å². The Labute approximate surface area is 175 Å². The lowest BCUT2D eigenvalue weighted by Gasteiger charge is -2.31. The normalized spacial score (nSPS) is 20.1. The second-order valence-electron chi connectivity index (χ2n) is 7.79. The highest BCUT2D eigenvalue weighted by Crippen LogP contribution is 2.33. The molecule has 1 heterocycles. The van der Waals surface area contributed by atoms with Crippen LogP contribution >= 0.6 is 0 Å². The lowest BCUT2D eigenvalue weighted by molar-refractivity contribution is -0.120. The van der Waals surface area contributed by atoms with Crippen LogP contribution in [-0.2, 0) is 14.8 Å². The first-order chi connectivity index (χ1) is 14.0. The van der Waals surface area contributed by atoms with Crippen LogP contribution in [0.5, 0.6) is 0 Å². The van der Waals surface area contributed by atoms with Gasteiger partial charge < -0.3 is 10.2 Å². The van der Waals surface area contributed by atoms with Crippen LogP contribution in [0.1, 0.15) is 52.4 Å². The maximum Gasteiger partial charge on any atom is 0.243 e. The van der Waals surface area contributed by atoms with E-state index in [1.165, 1.54) is 10.7 Å². The second-order valence-corrected chi connectivity index (χ2v) is 9.72. The molecule has 3 rings (SSSR count). The van der Waals surface area contributed by atoms with E-state index in [9.17, 15) is 13.2 Å². The monoisotopic (exact) mass is 419 g/mol.